The Hall–Kier alpha value is -2.09. The minimum atomic E-state index is -0.591. The highest BCUT2D eigenvalue weighted by molar-refractivity contribution is 7.10. The molecule has 0 aromatic carbocycles. The van der Waals surface area contributed by atoms with Crippen LogP contribution in [0.3, 0.4) is 0 Å². The molecule has 1 saturated heterocycles. The van der Waals surface area contributed by atoms with Crippen molar-refractivity contribution in [3.63, 3.8) is 0 Å². The van der Waals surface area contributed by atoms with Crippen molar-refractivity contribution >= 4 is 29.2 Å². The lowest BCUT2D eigenvalue weighted by Gasteiger charge is -2.29. The highest BCUT2D eigenvalue weighted by Crippen LogP contribution is 2.59. The van der Waals surface area contributed by atoms with Crippen LogP contribution in [0.4, 0.5) is 4.79 Å². The van der Waals surface area contributed by atoms with E-state index in [1.807, 2.05) is 20.8 Å². The summed E-state index contributed by atoms with van der Waals surface area (Å²) >= 11 is 1.45. The van der Waals surface area contributed by atoms with Gasteiger partial charge >= 0.3 is 6.09 Å². The van der Waals surface area contributed by atoms with E-state index in [0.29, 0.717) is 18.5 Å². The smallest absolute Gasteiger partial charge is 0.411 e. The highest BCUT2D eigenvalue weighted by atomic mass is 32.1. The first-order valence-corrected chi connectivity index (χ1v) is 9.59. The minimum absolute atomic E-state index is 0.0127. The molecule has 8 heteroatoms. The van der Waals surface area contributed by atoms with Crippen LogP contribution < -0.4 is 11.1 Å². The molecule has 1 aromatic heterocycles. The van der Waals surface area contributed by atoms with Crippen molar-refractivity contribution < 1.29 is 14.3 Å². The Morgan fingerprint density at radius 1 is 1.46 bits per heavy atom. The van der Waals surface area contributed by atoms with E-state index in [4.69, 9.17) is 15.9 Å². The third kappa shape index (κ3) is 3.70. The molecule has 2 heterocycles. The number of amides is 2. The van der Waals surface area contributed by atoms with Gasteiger partial charge in [0.15, 0.2) is 0 Å². The average molecular weight is 378 g/mol. The molecule has 2 fully saturated rings. The number of thiophene rings is 1. The molecule has 26 heavy (non-hydrogen) atoms. The van der Waals surface area contributed by atoms with Crippen molar-refractivity contribution in [2.45, 2.75) is 64.8 Å². The van der Waals surface area contributed by atoms with Crippen LogP contribution in [0.15, 0.2) is 11.4 Å². The summed E-state index contributed by atoms with van der Waals surface area (Å²) in [5.74, 6) is -0.152. The monoisotopic (exact) mass is 378 g/mol. The summed E-state index contributed by atoms with van der Waals surface area (Å²) in [4.78, 5) is 27.9. The largest absolute Gasteiger partial charge is 0.444 e. The van der Waals surface area contributed by atoms with Crippen LogP contribution in [0.1, 0.15) is 51.0 Å². The minimum Gasteiger partial charge on any atom is -0.444 e. The zero-order chi connectivity index (χ0) is 19.3. The number of nitrogens with two attached hydrogens (primary N) is 1. The summed E-state index contributed by atoms with van der Waals surface area (Å²) in [6.45, 7) is 7.94. The number of ether oxygens (including phenoxy) is 1. The molecule has 1 aromatic rings. The molecule has 0 spiro atoms. The molecule has 4 N–H and O–H groups in total. The Bertz CT molecular complexity index is 754. The van der Waals surface area contributed by atoms with Crippen LogP contribution in [-0.2, 0) is 16.1 Å². The zero-order valence-corrected chi connectivity index (χ0v) is 16.4. The van der Waals surface area contributed by atoms with Gasteiger partial charge in [0.1, 0.15) is 17.5 Å². The molecule has 142 valence electrons. The van der Waals surface area contributed by atoms with E-state index < -0.39 is 17.7 Å². The summed E-state index contributed by atoms with van der Waals surface area (Å²) < 4.78 is 5.51. The average Bonchev–Trinajstić information content (AvgIpc) is 2.88. The molecule has 2 aliphatic rings. The SMILES string of the molecule is CC(C)(C)OC(=O)N1[C@H]2C[C@@]2(C)C[C@H]1C(=O)NCc1cc(C(=N)N)cs1. The van der Waals surface area contributed by atoms with E-state index in [1.165, 1.54) is 11.3 Å². The van der Waals surface area contributed by atoms with Crippen LogP contribution in [0.5, 0.6) is 0 Å². The van der Waals surface area contributed by atoms with Gasteiger partial charge in [-0.05, 0) is 45.1 Å². The second-order valence-corrected chi connectivity index (χ2v) is 9.41. The van der Waals surface area contributed by atoms with Gasteiger partial charge in [-0.1, -0.05) is 6.92 Å². The van der Waals surface area contributed by atoms with Gasteiger partial charge in [0, 0.05) is 21.9 Å². The van der Waals surface area contributed by atoms with Crippen LogP contribution in [-0.4, -0.2) is 40.4 Å². The van der Waals surface area contributed by atoms with Gasteiger partial charge in [-0.2, -0.15) is 0 Å². The highest BCUT2D eigenvalue weighted by Gasteiger charge is 2.65. The lowest BCUT2D eigenvalue weighted by Crippen LogP contribution is -2.49. The molecule has 0 radical (unpaired) electrons. The Balaban J connectivity index is 1.65. The van der Waals surface area contributed by atoms with E-state index >= 15 is 0 Å². The Kier molecular flexibility index (Phi) is 4.50. The van der Waals surface area contributed by atoms with Gasteiger partial charge in [-0.25, -0.2) is 4.79 Å². The molecule has 1 aliphatic carbocycles. The van der Waals surface area contributed by atoms with Gasteiger partial charge < -0.3 is 15.8 Å². The number of amidine groups is 1. The summed E-state index contributed by atoms with van der Waals surface area (Å²) in [6, 6.07) is 1.38. The Morgan fingerprint density at radius 3 is 2.73 bits per heavy atom. The van der Waals surface area contributed by atoms with Crippen LogP contribution in [0, 0.1) is 10.8 Å². The van der Waals surface area contributed by atoms with E-state index in [0.717, 1.165) is 11.3 Å². The fourth-order valence-corrected chi connectivity index (χ4v) is 4.31. The predicted octanol–water partition coefficient (Wildman–Crippen LogP) is 2.44. The number of nitrogen functional groups attached to an aromatic ring is 1. The normalized spacial score (nSPS) is 27.0. The topological polar surface area (TPSA) is 109 Å². The first-order valence-electron chi connectivity index (χ1n) is 8.71. The Labute approximate surface area is 157 Å². The lowest BCUT2D eigenvalue weighted by atomic mass is 10.0. The Morgan fingerprint density at radius 2 is 2.15 bits per heavy atom. The number of carbonyl (C=O) groups is 2. The zero-order valence-electron chi connectivity index (χ0n) is 15.6. The number of hydrogen-bond donors (Lipinski definition) is 3. The first-order chi connectivity index (χ1) is 12.0. The molecule has 3 rings (SSSR count). The molecule has 2 amide bonds. The number of nitrogens with zero attached hydrogens (tertiary/aromatic N) is 1. The van der Waals surface area contributed by atoms with E-state index in [-0.39, 0.29) is 23.2 Å². The van der Waals surface area contributed by atoms with Gasteiger partial charge in [-0.15, -0.1) is 11.3 Å². The maximum atomic E-state index is 12.7. The number of piperidine rings is 1. The summed E-state index contributed by atoms with van der Waals surface area (Å²) in [7, 11) is 0. The summed E-state index contributed by atoms with van der Waals surface area (Å²) in [5, 5.41) is 12.1. The fourth-order valence-electron chi connectivity index (χ4n) is 3.49. The molecule has 0 unspecified atom stereocenters. The molecule has 7 nitrogen and oxygen atoms in total. The maximum absolute atomic E-state index is 12.7. The van der Waals surface area contributed by atoms with Crippen molar-refractivity contribution in [2.75, 3.05) is 0 Å². The number of likely N-dealkylation sites (tertiary alicyclic amines) is 1. The van der Waals surface area contributed by atoms with Crippen LogP contribution in [0.2, 0.25) is 0 Å². The van der Waals surface area contributed by atoms with Crippen molar-refractivity contribution in [2.24, 2.45) is 11.1 Å². The second kappa shape index (κ2) is 6.26. The van der Waals surface area contributed by atoms with Crippen LogP contribution >= 0.6 is 11.3 Å². The first kappa shape index (κ1) is 18.7. The molecule has 1 aliphatic heterocycles. The second-order valence-electron chi connectivity index (χ2n) is 8.41. The molecular formula is C18H26N4O3S. The van der Waals surface area contributed by atoms with Crippen molar-refractivity contribution in [3.05, 3.63) is 21.9 Å². The summed E-state index contributed by atoms with van der Waals surface area (Å²) in [5.41, 5.74) is 5.55. The predicted molar refractivity (Wildman–Crippen MR) is 100 cm³/mol. The van der Waals surface area contributed by atoms with Gasteiger partial charge in [-0.3, -0.25) is 15.1 Å². The number of carbonyl (C=O) groups excluding carboxylic acids is 2. The fraction of sp³-hybridized carbons (Fsp3) is 0.611. The number of hydrogen-bond acceptors (Lipinski definition) is 5. The molecular weight excluding hydrogens is 352 g/mol. The van der Waals surface area contributed by atoms with Crippen LogP contribution in [0.25, 0.3) is 0 Å². The lowest BCUT2D eigenvalue weighted by molar-refractivity contribution is -0.126. The molecule has 3 atom stereocenters. The van der Waals surface area contributed by atoms with Crippen molar-refractivity contribution in [1.29, 1.82) is 5.41 Å². The van der Waals surface area contributed by atoms with Gasteiger partial charge in [0.25, 0.3) is 0 Å². The van der Waals surface area contributed by atoms with Crippen molar-refractivity contribution in [1.82, 2.24) is 10.2 Å². The van der Waals surface area contributed by atoms with E-state index in [2.05, 4.69) is 12.2 Å². The third-order valence-corrected chi connectivity index (χ3v) is 5.88. The van der Waals surface area contributed by atoms with Gasteiger partial charge in [0.05, 0.1) is 6.54 Å². The van der Waals surface area contributed by atoms with E-state index in [9.17, 15) is 9.59 Å². The maximum Gasteiger partial charge on any atom is 0.411 e. The standard InChI is InChI=1S/C18H26N4O3S/c1-17(2,3)25-16(24)22-12(6-18(4)7-13(18)22)15(23)21-8-11-5-10(9-26-11)14(19)20/h5,9,12-13H,6-8H2,1-4H3,(H3,19,20)(H,21,23)/t12-,13-,18+/m0/s1. The number of rotatable bonds is 4. The number of nitrogens with one attached hydrogen (secondary N) is 2. The van der Waals surface area contributed by atoms with Gasteiger partial charge in [0.2, 0.25) is 5.91 Å². The number of fused-ring (bicyclic) bond motifs is 1. The summed E-state index contributed by atoms with van der Waals surface area (Å²) in [6.07, 6.45) is 1.16. The van der Waals surface area contributed by atoms with Crippen molar-refractivity contribution in [3.8, 4) is 0 Å². The molecule has 0 bridgehead atoms. The third-order valence-electron chi connectivity index (χ3n) is 4.94. The molecule has 1 saturated carbocycles. The quantitative estimate of drug-likeness (QED) is 0.552. The van der Waals surface area contributed by atoms with E-state index in [1.54, 1.807) is 16.3 Å².